The third-order valence-corrected chi connectivity index (χ3v) is 11.0. The van der Waals surface area contributed by atoms with Gasteiger partial charge in [-0.15, -0.1) is 0 Å². The zero-order valence-corrected chi connectivity index (χ0v) is 33.1. The normalized spacial score (nSPS) is 14.7. The van der Waals surface area contributed by atoms with Crippen molar-refractivity contribution in [2.75, 3.05) is 13.7 Å². The summed E-state index contributed by atoms with van der Waals surface area (Å²) >= 11 is 6.78. The molecule has 0 saturated heterocycles. The minimum absolute atomic E-state index is 0.0455. The molecule has 3 aromatic carbocycles. The van der Waals surface area contributed by atoms with Crippen LogP contribution in [0.5, 0.6) is 5.75 Å². The molecule has 0 aliphatic carbocycles. The number of carbonyl (C=O) groups is 2. The van der Waals surface area contributed by atoms with E-state index in [1.54, 1.807) is 7.11 Å². The van der Waals surface area contributed by atoms with Crippen molar-refractivity contribution in [1.29, 1.82) is 0 Å². The van der Waals surface area contributed by atoms with E-state index in [-0.39, 0.29) is 36.0 Å². The van der Waals surface area contributed by atoms with Crippen LogP contribution in [0, 0.1) is 0 Å². The highest BCUT2D eigenvalue weighted by molar-refractivity contribution is 6.32. The average Bonchev–Trinajstić information content (AvgIpc) is 3.78. The van der Waals surface area contributed by atoms with Crippen molar-refractivity contribution < 1.29 is 19.1 Å². The summed E-state index contributed by atoms with van der Waals surface area (Å²) in [6.07, 6.45) is 4.19. The van der Waals surface area contributed by atoms with Gasteiger partial charge in [-0.1, -0.05) is 57.5 Å². The Morgan fingerprint density at radius 1 is 0.868 bits per heavy atom. The Morgan fingerprint density at radius 3 is 2.25 bits per heavy atom. The van der Waals surface area contributed by atoms with Crippen LogP contribution < -0.4 is 4.74 Å². The predicted octanol–water partition coefficient (Wildman–Crippen LogP) is 9.92. The first-order valence-electron chi connectivity index (χ1n) is 19.1. The lowest BCUT2D eigenvalue weighted by molar-refractivity contribution is -0.138. The summed E-state index contributed by atoms with van der Waals surface area (Å²) in [7, 11) is 1.68. The molecule has 5 aromatic rings. The van der Waals surface area contributed by atoms with Gasteiger partial charge in [0, 0.05) is 42.5 Å². The van der Waals surface area contributed by atoms with Crippen LogP contribution in [0.15, 0.2) is 42.5 Å². The molecule has 1 aliphatic heterocycles. The first-order chi connectivity index (χ1) is 25.5. The van der Waals surface area contributed by atoms with Crippen LogP contribution in [-0.2, 0) is 20.9 Å². The van der Waals surface area contributed by atoms with Gasteiger partial charge in [0.15, 0.2) is 0 Å². The monoisotopic (exact) mass is 740 g/mol. The van der Waals surface area contributed by atoms with E-state index in [2.05, 4.69) is 67.1 Å². The summed E-state index contributed by atoms with van der Waals surface area (Å²) < 4.78 is 11.9. The smallest absolute Gasteiger partial charge is 0.223 e. The third-order valence-electron chi connectivity index (χ3n) is 10.7. The first kappa shape index (κ1) is 38.3. The molecule has 282 valence electrons. The van der Waals surface area contributed by atoms with E-state index in [0.29, 0.717) is 42.7 Å². The third kappa shape index (κ3) is 7.40. The van der Waals surface area contributed by atoms with Crippen molar-refractivity contribution in [3.8, 4) is 28.1 Å². The summed E-state index contributed by atoms with van der Waals surface area (Å²) in [5.41, 5.74) is 6.44. The fourth-order valence-corrected chi connectivity index (χ4v) is 7.97. The molecular formula is C42H53ClN6O4. The van der Waals surface area contributed by atoms with Gasteiger partial charge in [-0.3, -0.25) is 9.59 Å². The number of amides is 2. The SMILES string of the molecule is CCCC(=O)N([C@H](CC)COC)[C@@H](C)c1nc2c(ccc3cc4c(cc32)OCc2cc(-c3nc([C@H](C)N(C(=O)CCC)[C@@H](C)CC)[nH]c3Cl)ccc2-4)[nH]1. The fraction of sp³-hybridized carbons (Fsp3) is 0.476. The molecule has 11 heteroatoms. The van der Waals surface area contributed by atoms with Crippen molar-refractivity contribution in [1.82, 2.24) is 29.7 Å². The maximum atomic E-state index is 13.4. The van der Waals surface area contributed by atoms with Gasteiger partial charge in [0.1, 0.15) is 34.9 Å². The minimum Gasteiger partial charge on any atom is -0.488 e. The summed E-state index contributed by atoms with van der Waals surface area (Å²) in [4.78, 5) is 47.1. The molecule has 6 rings (SSSR count). The molecule has 0 saturated carbocycles. The number of fused-ring (bicyclic) bond motifs is 6. The van der Waals surface area contributed by atoms with Crippen LogP contribution in [-0.4, -0.2) is 67.4 Å². The Labute approximate surface area is 317 Å². The largest absolute Gasteiger partial charge is 0.488 e. The van der Waals surface area contributed by atoms with Crippen molar-refractivity contribution in [3.63, 3.8) is 0 Å². The van der Waals surface area contributed by atoms with E-state index in [9.17, 15) is 9.59 Å². The lowest BCUT2D eigenvalue weighted by atomic mass is 9.92. The van der Waals surface area contributed by atoms with Gasteiger partial charge in [0.25, 0.3) is 0 Å². The summed E-state index contributed by atoms with van der Waals surface area (Å²) in [6.45, 7) is 15.2. The molecule has 0 bridgehead atoms. The molecule has 0 unspecified atom stereocenters. The number of nitrogens with one attached hydrogen (secondary N) is 2. The predicted molar refractivity (Wildman–Crippen MR) is 212 cm³/mol. The Balaban J connectivity index is 1.31. The van der Waals surface area contributed by atoms with Crippen molar-refractivity contribution in [2.24, 2.45) is 0 Å². The summed E-state index contributed by atoms with van der Waals surface area (Å²) in [5.74, 6) is 2.44. The highest BCUT2D eigenvalue weighted by Gasteiger charge is 2.31. The van der Waals surface area contributed by atoms with Gasteiger partial charge in [-0.25, -0.2) is 9.97 Å². The van der Waals surface area contributed by atoms with E-state index < -0.39 is 0 Å². The molecule has 3 heterocycles. The molecule has 0 radical (unpaired) electrons. The van der Waals surface area contributed by atoms with Gasteiger partial charge in [0.2, 0.25) is 11.8 Å². The Kier molecular flexibility index (Phi) is 11.8. The lowest BCUT2D eigenvalue weighted by Gasteiger charge is -2.35. The molecular weight excluding hydrogens is 688 g/mol. The second-order valence-corrected chi connectivity index (χ2v) is 14.7. The number of halogens is 1. The number of hydrogen-bond donors (Lipinski definition) is 2. The molecule has 2 N–H and O–H groups in total. The van der Waals surface area contributed by atoms with E-state index in [0.717, 1.165) is 81.3 Å². The lowest BCUT2D eigenvalue weighted by Crippen LogP contribution is -2.44. The number of H-pyrrole nitrogens is 2. The maximum Gasteiger partial charge on any atom is 0.223 e. The summed E-state index contributed by atoms with van der Waals surface area (Å²) in [6, 6.07) is 14.2. The average molecular weight is 741 g/mol. The fourth-order valence-electron chi connectivity index (χ4n) is 7.72. The van der Waals surface area contributed by atoms with E-state index >= 15 is 0 Å². The second kappa shape index (κ2) is 16.3. The number of benzene rings is 3. The van der Waals surface area contributed by atoms with Crippen LogP contribution in [0.2, 0.25) is 5.15 Å². The first-order valence-corrected chi connectivity index (χ1v) is 19.5. The number of aromatic nitrogens is 4. The van der Waals surface area contributed by atoms with Crippen molar-refractivity contribution in [3.05, 3.63) is 64.8 Å². The molecule has 10 nitrogen and oxygen atoms in total. The maximum absolute atomic E-state index is 13.4. The van der Waals surface area contributed by atoms with Crippen molar-refractivity contribution in [2.45, 2.75) is 118 Å². The number of carbonyl (C=O) groups excluding carboxylic acids is 2. The molecule has 0 fully saturated rings. The quantitative estimate of drug-likeness (QED) is 0.110. The number of imidazole rings is 2. The van der Waals surface area contributed by atoms with Gasteiger partial charge < -0.3 is 29.2 Å². The zero-order valence-electron chi connectivity index (χ0n) is 32.3. The van der Waals surface area contributed by atoms with Crippen LogP contribution in [0.1, 0.15) is 116 Å². The highest BCUT2D eigenvalue weighted by Crippen LogP contribution is 2.43. The topological polar surface area (TPSA) is 116 Å². The number of rotatable bonds is 15. The molecule has 1 aliphatic rings. The minimum atomic E-state index is -0.253. The van der Waals surface area contributed by atoms with Crippen LogP contribution in [0.25, 0.3) is 44.2 Å². The van der Waals surface area contributed by atoms with Crippen LogP contribution >= 0.6 is 11.6 Å². The standard InChI is InChI=1S/C42H53ClN6O4/c1-9-13-36(50)48(24(5)11-3)25(6)42-45-38(40(43)47-42)28-15-17-31-29(19-28)22-53-35-21-32-27(20-33(31)35)16-18-34-39(32)46-41(44-34)26(7)49(37(51)14-10-2)30(12-4)23-52-8/h15-21,24-26,30H,9-14,22-23H2,1-8H3,(H,44,46)(H,45,47)/t24-,25-,26-,30+/m0/s1. The van der Waals surface area contributed by atoms with Gasteiger partial charge in [-0.05, 0) is 87.2 Å². The van der Waals surface area contributed by atoms with Crippen LogP contribution in [0.4, 0.5) is 0 Å². The number of hydrogen-bond acceptors (Lipinski definition) is 6. The van der Waals surface area contributed by atoms with Crippen molar-refractivity contribution >= 4 is 45.2 Å². The zero-order chi connectivity index (χ0) is 38.0. The summed E-state index contributed by atoms with van der Waals surface area (Å²) in [5, 5.41) is 2.48. The van der Waals surface area contributed by atoms with E-state index in [1.165, 1.54) is 0 Å². The molecule has 2 aromatic heterocycles. The number of nitrogens with zero attached hydrogens (tertiary/aromatic N) is 4. The Hall–Kier alpha value is -4.41. The van der Waals surface area contributed by atoms with Gasteiger partial charge >= 0.3 is 0 Å². The number of aromatic amines is 2. The molecule has 4 atom stereocenters. The van der Waals surface area contributed by atoms with E-state index in [4.69, 9.17) is 31.0 Å². The van der Waals surface area contributed by atoms with Gasteiger partial charge in [-0.2, -0.15) is 0 Å². The second-order valence-electron chi connectivity index (χ2n) is 14.3. The number of ether oxygens (including phenoxy) is 2. The van der Waals surface area contributed by atoms with Crippen LogP contribution in [0.3, 0.4) is 0 Å². The molecule has 2 amide bonds. The molecule has 0 spiro atoms. The Bertz CT molecular complexity index is 2110. The Morgan fingerprint density at radius 2 is 1.57 bits per heavy atom. The van der Waals surface area contributed by atoms with Gasteiger partial charge in [0.05, 0.1) is 35.8 Å². The van der Waals surface area contributed by atoms with E-state index in [1.807, 2.05) is 43.6 Å². The highest BCUT2D eigenvalue weighted by atomic mass is 35.5. The number of methoxy groups -OCH3 is 1. The molecule has 53 heavy (non-hydrogen) atoms.